The minimum absolute atomic E-state index is 0.107. The highest BCUT2D eigenvalue weighted by molar-refractivity contribution is 5.71. The van der Waals surface area contributed by atoms with E-state index in [-0.39, 0.29) is 37.5 Å². The van der Waals surface area contributed by atoms with Gasteiger partial charge in [0.1, 0.15) is 13.2 Å². The topological polar surface area (TPSA) is 78.9 Å². The van der Waals surface area contributed by atoms with E-state index < -0.39 is 6.10 Å². The second kappa shape index (κ2) is 60.4. The Morgan fingerprint density at radius 1 is 0.301 bits per heavy atom. The molecule has 1 atom stereocenters. The first-order valence-electron chi connectivity index (χ1n) is 30.1. The summed E-state index contributed by atoms with van der Waals surface area (Å²) in [5, 5.41) is 0. The lowest BCUT2D eigenvalue weighted by atomic mass is 10.1. The van der Waals surface area contributed by atoms with Crippen LogP contribution in [-0.4, -0.2) is 37.2 Å². The average Bonchev–Trinajstić information content (AvgIpc) is 3.39. The minimum atomic E-state index is -0.813. The molecule has 0 aromatic carbocycles. The number of esters is 3. The molecule has 0 amide bonds. The van der Waals surface area contributed by atoms with Crippen LogP contribution in [0.15, 0.2) is 122 Å². The van der Waals surface area contributed by atoms with Crippen LogP contribution in [0.4, 0.5) is 0 Å². The molecule has 0 N–H and O–H groups in total. The van der Waals surface area contributed by atoms with Crippen molar-refractivity contribution in [2.24, 2.45) is 0 Å². The monoisotopic (exact) mass is 1010 g/mol. The van der Waals surface area contributed by atoms with Gasteiger partial charge in [0.2, 0.25) is 0 Å². The quantitative estimate of drug-likeness (QED) is 0.0199. The number of hydrogen-bond acceptors (Lipinski definition) is 6. The van der Waals surface area contributed by atoms with Crippen LogP contribution in [0.2, 0.25) is 0 Å². The molecule has 0 heterocycles. The van der Waals surface area contributed by atoms with E-state index in [0.29, 0.717) is 19.3 Å². The Morgan fingerprint density at radius 2 is 0.589 bits per heavy atom. The molecule has 0 aromatic rings. The first-order chi connectivity index (χ1) is 36.0. The van der Waals surface area contributed by atoms with Crippen LogP contribution in [0.5, 0.6) is 0 Å². The van der Waals surface area contributed by atoms with Gasteiger partial charge in [-0.1, -0.05) is 245 Å². The van der Waals surface area contributed by atoms with E-state index in [1.54, 1.807) is 0 Å². The van der Waals surface area contributed by atoms with Crippen LogP contribution >= 0.6 is 0 Å². The second-order valence-electron chi connectivity index (χ2n) is 19.5. The van der Waals surface area contributed by atoms with Crippen molar-refractivity contribution in [1.29, 1.82) is 0 Å². The molecule has 0 aromatic heterocycles. The Morgan fingerprint density at radius 3 is 0.973 bits per heavy atom. The maximum absolute atomic E-state index is 12.9. The zero-order valence-electron chi connectivity index (χ0n) is 47.4. The van der Waals surface area contributed by atoms with E-state index >= 15 is 0 Å². The van der Waals surface area contributed by atoms with Crippen molar-refractivity contribution in [3.05, 3.63) is 122 Å². The van der Waals surface area contributed by atoms with E-state index in [0.717, 1.165) is 103 Å². The fourth-order valence-electron chi connectivity index (χ4n) is 7.95. The van der Waals surface area contributed by atoms with Crippen LogP contribution in [-0.2, 0) is 28.6 Å². The molecule has 414 valence electrons. The van der Waals surface area contributed by atoms with E-state index in [1.807, 2.05) is 0 Å². The molecule has 0 radical (unpaired) electrons. The molecule has 6 nitrogen and oxygen atoms in total. The average molecular weight is 1010 g/mol. The van der Waals surface area contributed by atoms with Crippen LogP contribution in [0.3, 0.4) is 0 Å². The number of carbonyl (C=O) groups is 3. The van der Waals surface area contributed by atoms with Crippen molar-refractivity contribution < 1.29 is 28.6 Å². The molecule has 0 saturated carbocycles. The van der Waals surface area contributed by atoms with Gasteiger partial charge in [-0.05, 0) is 122 Å². The number of carbonyl (C=O) groups excluding carboxylic acids is 3. The smallest absolute Gasteiger partial charge is 0.306 e. The molecule has 6 heteroatoms. The van der Waals surface area contributed by atoms with Gasteiger partial charge < -0.3 is 14.2 Å². The van der Waals surface area contributed by atoms with Crippen LogP contribution in [0.1, 0.15) is 265 Å². The van der Waals surface area contributed by atoms with E-state index in [9.17, 15) is 14.4 Å². The molecule has 0 spiro atoms. The summed E-state index contributed by atoms with van der Waals surface area (Å²) in [6.45, 7) is 6.42. The molecular formula is C67H110O6. The molecule has 0 bridgehead atoms. The normalized spacial score (nSPS) is 13.0. The van der Waals surface area contributed by atoms with Crippen LogP contribution in [0.25, 0.3) is 0 Å². The molecular weight excluding hydrogens is 901 g/mol. The Bertz CT molecular complexity index is 1540. The summed E-state index contributed by atoms with van der Waals surface area (Å²) in [6, 6.07) is 0. The molecule has 73 heavy (non-hydrogen) atoms. The highest BCUT2D eigenvalue weighted by atomic mass is 16.6. The molecule has 1 unspecified atom stereocenters. The molecule has 0 rings (SSSR count). The van der Waals surface area contributed by atoms with Gasteiger partial charge in [-0.3, -0.25) is 14.4 Å². The fourth-order valence-corrected chi connectivity index (χ4v) is 7.95. The lowest BCUT2D eigenvalue weighted by molar-refractivity contribution is -0.167. The molecule has 0 fully saturated rings. The summed E-state index contributed by atoms with van der Waals surface area (Å²) in [4.78, 5) is 38.2. The van der Waals surface area contributed by atoms with Gasteiger partial charge in [0, 0.05) is 19.3 Å². The van der Waals surface area contributed by atoms with E-state index in [1.165, 1.54) is 116 Å². The molecule has 0 aliphatic heterocycles. The van der Waals surface area contributed by atoms with Crippen molar-refractivity contribution in [2.75, 3.05) is 13.2 Å². The fraction of sp³-hybridized carbons (Fsp3) is 0.657. The largest absolute Gasteiger partial charge is 0.462 e. The lowest BCUT2D eigenvalue weighted by Gasteiger charge is -2.18. The minimum Gasteiger partial charge on any atom is -0.462 e. The Balaban J connectivity index is 4.51. The van der Waals surface area contributed by atoms with Crippen molar-refractivity contribution in [1.82, 2.24) is 0 Å². The molecule has 0 saturated heterocycles. The Kier molecular flexibility index (Phi) is 56.9. The second-order valence-corrected chi connectivity index (χ2v) is 19.5. The first-order valence-corrected chi connectivity index (χ1v) is 30.1. The zero-order valence-corrected chi connectivity index (χ0v) is 47.4. The number of rotatable bonds is 53. The summed E-state index contributed by atoms with van der Waals surface area (Å²) >= 11 is 0. The third kappa shape index (κ3) is 58.6. The lowest BCUT2D eigenvalue weighted by Crippen LogP contribution is -2.30. The predicted octanol–water partition coefficient (Wildman–Crippen LogP) is 20.4. The van der Waals surface area contributed by atoms with Gasteiger partial charge in [0.05, 0.1) is 0 Å². The third-order valence-electron chi connectivity index (χ3n) is 12.4. The summed E-state index contributed by atoms with van der Waals surface area (Å²) in [5.74, 6) is -0.979. The predicted molar refractivity (Wildman–Crippen MR) is 316 cm³/mol. The summed E-state index contributed by atoms with van der Waals surface area (Å²) in [5.41, 5.74) is 0. The van der Waals surface area contributed by atoms with Gasteiger partial charge >= 0.3 is 17.9 Å². The maximum Gasteiger partial charge on any atom is 0.306 e. The van der Waals surface area contributed by atoms with Crippen molar-refractivity contribution in [2.45, 2.75) is 271 Å². The van der Waals surface area contributed by atoms with Crippen LogP contribution < -0.4 is 0 Å². The van der Waals surface area contributed by atoms with Gasteiger partial charge in [-0.15, -0.1) is 0 Å². The maximum atomic E-state index is 12.9. The molecule has 0 aliphatic carbocycles. The number of hydrogen-bond donors (Lipinski definition) is 0. The highest BCUT2D eigenvalue weighted by Crippen LogP contribution is 2.15. The Labute approximate surface area is 450 Å². The van der Waals surface area contributed by atoms with Crippen molar-refractivity contribution >= 4 is 17.9 Å². The van der Waals surface area contributed by atoms with Crippen molar-refractivity contribution in [3.63, 3.8) is 0 Å². The summed E-state index contributed by atoms with van der Waals surface area (Å²) < 4.78 is 16.8. The number of ether oxygens (including phenoxy) is 3. The SMILES string of the molecule is CC/C=C\C/C=C\C/C=C\C/C=C\CCCCCCCCC(=O)OCC(COC(=O)CCC/C=C\C/C=C\C/C=C\C/C=C\CCCCC)OC(=O)CCCCCCCCCCCC/C=C\C=C/CCCCC. The number of unbranched alkanes of at least 4 members (excludes halogenated alkanes) is 23. The zero-order chi connectivity index (χ0) is 52.9. The standard InChI is InChI=1S/C67H110O6/c1-4-7-10-13-16-19-22-25-28-31-33-36-39-42-45-48-51-54-57-60-66(69)72-63-64(62-71-65(68)59-56-53-50-47-44-41-38-35-30-27-24-21-18-15-12-9-6-3)73-67(70)61-58-55-52-49-46-43-40-37-34-32-29-26-23-20-17-14-11-8-5-2/h7,10,16-21,23,25-28,30,33,36,38,41,47,50,64H,4-6,8-9,11-15,22,24,29,31-32,34-35,37,39-40,42-46,48-49,51-63H2,1-3H3/b10-7-,19-16-,20-17-,21-18-,26-23-,28-25-,30-27-,36-33-,41-38-,50-47-. The van der Waals surface area contributed by atoms with E-state index in [4.69, 9.17) is 14.2 Å². The Hall–Kier alpha value is -4.19. The van der Waals surface area contributed by atoms with Crippen LogP contribution in [0, 0.1) is 0 Å². The first kappa shape index (κ1) is 68.8. The summed E-state index contributed by atoms with van der Waals surface area (Å²) in [7, 11) is 0. The van der Waals surface area contributed by atoms with Gasteiger partial charge in [-0.2, -0.15) is 0 Å². The number of allylic oxidation sites excluding steroid dienone is 20. The van der Waals surface area contributed by atoms with Gasteiger partial charge in [0.25, 0.3) is 0 Å². The third-order valence-corrected chi connectivity index (χ3v) is 12.4. The summed E-state index contributed by atoms with van der Waals surface area (Å²) in [6.07, 6.45) is 83.3. The van der Waals surface area contributed by atoms with E-state index in [2.05, 4.69) is 142 Å². The van der Waals surface area contributed by atoms with Gasteiger partial charge in [-0.25, -0.2) is 0 Å². The van der Waals surface area contributed by atoms with Gasteiger partial charge in [0.15, 0.2) is 6.10 Å². The van der Waals surface area contributed by atoms with Crippen molar-refractivity contribution in [3.8, 4) is 0 Å². The highest BCUT2D eigenvalue weighted by Gasteiger charge is 2.19. The molecule has 0 aliphatic rings.